The lowest BCUT2D eigenvalue weighted by Gasteiger charge is -2.36. The zero-order valence-corrected chi connectivity index (χ0v) is 13.9. The van der Waals surface area contributed by atoms with Crippen molar-refractivity contribution in [1.29, 1.82) is 0 Å². The topological polar surface area (TPSA) is 19.4 Å². The second-order valence-electron chi connectivity index (χ2n) is 5.51. The summed E-state index contributed by atoms with van der Waals surface area (Å²) in [6, 6.07) is 13.0. The lowest BCUT2D eigenvalue weighted by atomic mass is 10.2. The Hall–Kier alpha value is -1.85. The standard InChI is InChI=1S/C17H15ClFN3S/c18-12-4-1-2-6-14(12)21-8-10-22(11-9-21)17-20-16-13(19)5-3-7-15(16)23-17/h1-7H,8-11H2. The monoisotopic (exact) mass is 347 g/mol. The number of hydrogen-bond donors (Lipinski definition) is 0. The highest BCUT2D eigenvalue weighted by Gasteiger charge is 2.21. The molecule has 2 aromatic carbocycles. The average molecular weight is 348 g/mol. The van der Waals surface area contributed by atoms with Gasteiger partial charge in [-0.05, 0) is 24.3 Å². The van der Waals surface area contributed by atoms with Crippen LogP contribution >= 0.6 is 22.9 Å². The van der Waals surface area contributed by atoms with Gasteiger partial charge in [-0.2, -0.15) is 0 Å². The zero-order valence-electron chi connectivity index (χ0n) is 12.4. The predicted molar refractivity (Wildman–Crippen MR) is 95.5 cm³/mol. The fourth-order valence-electron chi connectivity index (χ4n) is 2.89. The van der Waals surface area contributed by atoms with Gasteiger partial charge in [0.2, 0.25) is 0 Å². The van der Waals surface area contributed by atoms with Gasteiger partial charge < -0.3 is 9.80 Å². The van der Waals surface area contributed by atoms with Crippen LogP contribution in [0.1, 0.15) is 0 Å². The number of hydrogen-bond acceptors (Lipinski definition) is 4. The fraction of sp³-hybridized carbons (Fsp3) is 0.235. The van der Waals surface area contributed by atoms with Crippen LogP contribution in [0.2, 0.25) is 5.02 Å². The maximum absolute atomic E-state index is 13.8. The second kappa shape index (κ2) is 5.98. The van der Waals surface area contributed by atoms with Crippen LogP contribution in [0.4, 0.5) is 15.2 Å². The molecule has 4 rings (SSSR count). The number of thiazole rings is 1. The molecule has 0 atom stereocenters. The van der Waals surface area contributed by atoms with Crippen molar-refractivity contribution in [1.82, 2.24) is 4.98 Å². The molecule has 0 unspecified atom stereocenters. The Balaban J connectivity index is 1.53. The molecule has 0 N–H and O–H groups in total. The van der Waals surface area contributed by atoms with Gasteiger partial charge in [0.15, 0.2) is 5.13 Å². The second-order valence-corrected chi connectivity index (χ2v) is 6.92. The highest BCUT2D eigenvalue weighted by Crippen LogP contribution is 2.32. The Labute approximate surface area is 142 Å². The molecule has 0 radical (unpaired) electrons. The molecule has 3 aromatic rings. The molecule has 23 heavy (non-hydrogen) atoms. The number of aromatic nitrogens is 1. The predicted octanol–water partition coefficient (Wildman–Crippen LogP) is 4.42. The van der Waals surface area contributed by atoms with E-state index in [-0.39, 0.29) is 5.82 Å². The van der Waals surface area contributed by atoms with Crippen LogP contribution < -0.4 is 9.80 Å². The first-order valence-corrected chi connectivity index (χ1v) is 8.71. The zero-order chi connectivity index (χ0) is 15.8. The largest absolute Gasteiger partial charge is 0.367 e. The van der Waals surface area contributed by atoms with E-state index in [1.54, 1.807) is 17.4 Å². The molecule has 1 fully saturated rings. The number of halogens is 2. The van der Waals surface area contributed by atoms with Crippen molar-refractivity contribution < 1.29 is 4.39 Å². The summed E-state index contributed by atoms with van der Waals surface area (Å²) in [7, 11) is 0. The molecule has 0 aliphatic carbocycles. The van der Waals surface area contributed by atoms with Gasteiger partial charge >= 0.3 is 0 Å². The summed E-state index contributed by atoms with van der Waals surface area (Å²) in [5.74, 6) is -0.250. The highest BCUT2D eigenvalue weighted by atomic mass is 35.5. The quantitative estimate of drug-likeness (QED) is 0.684. The first-order valence-electron chi connectivity index (χ1n) is 7.52. The van der Waals surface area contributed by atoms with Crippen LogP contribution in [-0.4, -0.2) is 31.2 Å². The van der Waals surface area contributed by atoms with E-state index in [1.807, 2.05) is 30.3 Å². The fourth-order valence-corrected chi connectivity index (χ4v) is 4.17. The van der Waals surface area contributed by atoms with Gasteiger partial charge in [-0.15, -0.1) is 0 Å². The van der Waals surface area contributed by atoms with Crippen LogP contribution in [-0.2, 0) is 0 Å². The first kappa shape index (κ1) is 14.7. The number of anilines is 2. The Morgan fingerprint density at radius 1 is 0.957 bits per heavy atom. The van der Waals surface area contributed by atoms with Gasteiger partial charge in [-0.25, -0.2) is 9.37 Å². The van der Waals surface area contributed by atoms with E-state index in [9.17, 15) is 4.39 Å². The molecule has 0 bridgehead atoms. The number of rotatable bonds is 2. The Kier molecular flexibility index (Phi) is 3.83. The summed E-state index contributed by atoms with van der Waals surface area (Å²) >= 11 is 7.82. The smallest absolute Gasteiger partial charge is 0.186 e. The first-order chi connectivity index (χ1) is 11.2. The number of nitrogens with zero attached hydrogens (tertiary/aromatic N) is 3. The summed E-state index contributed by atoms with van der Waals surface area (Å²) in [5.41, 5.74) is 1.55. The SMILES string of the molecule is Fc1cccc2sc(N3CCN(c4ccccc4Cl)CC3)nc12. The van der Waals surface area contributed by atoms with Crippen molar-refractivity contribution >= 4 is 44.0 Å². The van der Waals surface area contributed by atoms with Crippen molar-refractivity contribution in [3.05, 3.63) is 53.3 Å². The third-order valence-electron chi connectivity index (χ3n) is 4.10. The Bertz CT molecular complexity index is 843. The van der Waals surface area contributed by atoms with Crippen molar-refractivity contribution in [2.45, 2.75) is 0 Å². The van der Waals surface area contributed by atoms with Gasteiger partial charge in [0.05, 0.1) is 15.4 Å². The molecule has 1 aromatic heterocycles. The lowest BCUT2D eigenvalue weighted by molar-refractivity contribution is 0.635. The molecular weight excluding hydrogens is 333 g/mol. The number of fused-ring (bicyclic) bond motifs is 1. The van der Waals surface area contributed by atoms with Crippen molar-refractivity contribution in [3.63, 3.8) is 0 Å². The van der Waals surface area contributed by atoms with E-state index >= 15 is 0 Å². The molecular formula is C17H15ClFN3S. The molecule has 1 saturated heterocycles. The van der Waals surface area contributed by atoms with Gasteiger partial charge in [0.1, 0.15) is 11.3 Å². The average Bonchev–Trinajstić information content (AvgIpc) is 3.01. The van der Waals surface area contributed by atoms with Crippen LogP contribution in [0.3, 0.4) is 0 Å². The number of para-hydroxylation sites is 2. The van der Waals surface area contributed by atoms with E-state index in [2.05, 4.69) is 14.8 Å². The third kappa shape index (κ3) is 2.75. The highest BCUT2D eigenvalue weighted by molar-refractivity contribution is 7.22. The Morgan fingerprint density at radius 3 is 2.43 bits per heavy atom. The van der Waals surface area contributed by atoms with Gasteiger partial charge in [0, 0.05) is 26.2 Å². The lowest BCUT2D eigenvalue weighted by Crippen LogP contribution is -2.46. The Morgan fingerprint density at radius 2 is 1.70 bits per heavy atom. The van der Waals surface area contributed by atoms with E-state index in [4.69, 9.17) is 11.6 Å². The molecule has 1 aliphatic rings. The molecule has 0 spiro atoms. The molecule has 118 valence electrons. The summed E-state index contributed by atoms with van der Waals surface area (Å²) in [6.45, 7) is 3.46. The van der Waals surface area contributed by atoms with Crippen LogP contribution in [0, 0.1) is 5.82 Å². The minimum atomic E-state index is -0.250. The summed E-state index contributed by atoms with van der Waals surface area (Å²) < 4.78 is 14.7. The van der Waals surface area contributed by atoms with Gasteiger partial charge in [-0.1, -0.05) is 41.1 Å². The van der Waals surface area contributed by atoms with Crippen molar-refractivity contribution in [3.8, 4) is 0 Å². The molecule has 3 nitrogen and oxygen atoms in total. The summed E-state index contributed by atoms with van der Waals surface area (Å²) in [6.07, 6.45) is 0. The maximum Gasteiger partial charge on any atom is 0.186 e. The number of piperazine rings is 1. The maximum atomic E-state index is 13.8. The van der Waals surface area contributed by atoms with Crippen molar-refractivity contribution in [2.75, 3.05) is 36.0 Å². The molecule has 0 amide bonds. The minimum absolute atomic E-state index is 0.250. The summed E-state index contributed by atoms with van der Waals surface area (Å²) in [4.78, 5) is 8.98. The van der Waals surface area contributed by atoms with E-state index in [1.165, 1.54) is 6.07 Å². The van der Waals surface area contributed by atoms with Crippen LogP contribution in [0.25, 0.3) is 10.2 Å². The van der Waals surface area contributed by atoms with Crippen molar-refractivity contribution in [2.24, 2.45) is 0 Å². The molecule has 2 heterocycles. The van der Waals surface area contributed by atoms with E-state index < -0.39 is 0 Å². The molecule has 1 aliphatic heterocycles. The van der Waals surface area contributed by atoms with Crippen LogP contribution in [0.15, 0.2) is 42.5 Å². The minimum Gasteiger partial charge on any atom is -0.367 e. The normalized spacial score (nSPS) is 15.4. The summed E-state index contributed by atoms with van der Waals surface area (Å²) in [5, 5.41) is 1.67. The van der Waals surface area contributed by atoms with E-state index in [0.717, 1.165) is 46.7 Å². The molecule has 0 saturated carbocycles. The van der Waals surface area contributed by atoms with E-state index in [0.29, 0.717) is 5.52 Å². The van der Waals surface area contributed by atoms with Gasteiger partial charge in [0.25, 0.3) is 0 Å². The van der Waals surface area contributed by atoms with Gasteiger partial charge in [-0.3, -0.25) is 0 Å². The third-order valence-corrected chi connectivity index (χ3v) is 5.50. The number of benzene rings is 2. The van der Waals surface area contributed by atoms with Crippen LogP contribution in [0.5, 0.6) is 0 Å². The molecule has 6 heteroatoms.